The smallest absolute Gasteiger partial charge is 0.417 e. The average molecular weight is 517 g/mol. The number of hydrogen-bond donors (Lipinski definition) is 0. The number of alkyl halides is 3. The van der Waals surface area contributed by atoms with Gasteiger partial charge in [-0.05, 0) is 53.4 Å². The lowest BCUT2D eigenvalue weighted by Gasteiger charge is -2.14. The summed E-state index contributed by atoms with van der Waals surface area (Å²) in [5.74, 6) is -0.450. The standard InChI is InChI=1S/C26H23F3N2O4S/c1-16(2)19-5-4-6-23(14-19)36(33,34)31-22(11-17-7-9-18(10-8-17)25(32)35-3)13-20-12-21(26(27,28)29)15-30-24(20)31/h4-10,12-16H,11H2,1-3H3. The molecule has 36 heavy (non-hydrogen) atoms. The number of hydrogen-bond acceptors (Lipinski definition) is 5. The van der Waals surface area contributed by atoms with Gasteiger partial charge in [-0.1, -0.05) is 38.1 Å². The summed E-state index contributed by atoms with van der Waals surface area (Å²) in [6.45, 7) is 3.86. The van der Waals surface area contributed by atoms with Gasteiger partial charge in [-0.3, -0.25) is 0 Å². The molecule has 0 atom stereocenters. The number of pyridine rings is 1. The molecule has 0 fully saturated rings. The molecule has 0 amide bonds. The molecule has 6 nitrogen and oxygen atoms in total. The predicted octanol–water partition coefficient (Wildman–Crippen LogP) is 5.79. The zero-order valence-corrected chi connectivity index (χ0v) is 20.5. The molecule has 188 valence electrons. The third-order valence-corrected chi connectivity index (χ3v) is 7.56. The molecule has 0 N–H and O–H groups in total. The summed E-state index contributed by atoms with van der Waals surface area (Å²) in [4.78, 5) is 15.6. The van der Waals surface area contributed by atoms with E-state index in [1.807, 2.05) is 19.9 Å². The van der Waals surface area contributed by atoms with Crippen LogP contribution in [-0.4, -0.2) is 30.5 Å². The van der Waals surface area contributed by atoms with E-state index in [9.17, 15) is 26.4 Å². The van der Waals surface area contributed by atoms with E-state index in [-0.39, 0.29) is 34.0 Å². The first-order valence-corrected chi connectivity index (χ1v) is 12.5. The van der Waals surface area contributed by atoms with Gasteiger partial charge in [0.05, 0.1) is 23.1 Å². The van der Waals surface area contributed by atoms with Gasteiger partial charge in [0.25, 0.3) is 10.0 Å². The number of halogens is 3. The van der Waals surface area contributed by atoms with Crippen molar-refractivity contribution in [1.82, 2.24) is 8.96 Å². The zero-order valence-electron chi connectivity index (χ0n) is 19.7. The molecular weight excluding hydrogens is 493 g/mol. The highest BCUT2D eigenvalue weighted by Gasteiger charge is 2.32. The third-order valence-electron chi connectivity index (χ3n) is 5.82. The topological polar surface area (TPSA) is 78.3 Å². The lowest BCUT2D eigenvalue weighted by Crippen LogP contribution is -2.17. The van der Waals surface area contributed by atoms with Crippen LogP contribution in [0.4, 0.5) is 13.2 Å². The molecule has 2 aromatic carbocycles. The van der Waals surface area contributed by atoms with Crippen LogP contribution in [-0.2, 0) is 27.4 Å². The molecule has 2 aromatic heterocycles. The van der Waals surface area contributed by atoms with Crippen LogP contribution >= 0.6 is 0 Å². The Balaban J connectivity index is 1.89. The predicted molar refractivity (Wildman–Crippen MR) is 128 cm³/mol. The number of methoxy groups -OCH3 is 1. The number of esters is 1. The Kier molecular flexibility index (Phi) is 6.66. The van der Waals surface area contributed by atoms with Crippen molar-refractivity contribution < 1.29 is 31.1 Å². The van der Waals surface area contributed by atoms with Crippen LogP contribution in [0.25, 0.3) is 11.0 Å². The van der Waals surface area contributed by atoms with E-state index < -0.39 is 27.7 Å². The Morgan fingerprint density at radius 2 is 1.75 bits per heavy atom. The number of nitrogens with zero attached hydrogens (tertiary/aromatic N) is 2. The summed E-state index contributed by atoms with van der Waals surface area (Å²) in [7, 11) is -2.94. The molecule has 0 aliphatic heterocycles. The first-order chi connectivity index (χ1) is 16.9. The molecule has 0 aliphatic carbocycles. The summed E-state index contributed by atoms with van der Waals surface area (Å²) < 4.78 is 73.2. The van der Waals surface area contributed by atoms with Crippen LogP contribution in [0.1, 0.15) is 52.5 Å². The molecule has 4 rings (SSSR count). The Hall–Kier alpha value is -3.66. The van der Waals surface area contributed by atoms with E-state index in [0.717, 1.165) is 15.6 Å². The molecule has 0 saturated carbocycles. The molecule has 0 saturated heterocycles. The molecule has 0 unspecified atom stereocenters. The van der Waals surface area contributed by atoms with Crippen LogP contribution in [0.3, 0.4) is 0 Å². The van der Waals surface area contributed by atoms with Crippen molar-refractivity contribution in [3.8, 4) is 0 Å². The number of carbonyl (C=O) groups is 1. The summed E-state index contributed by atoms with van der Waals surface area (Å²) in [6, 6.07) is 15.1. The van der Waals surface area contributed by atoms with Gasteiger partial charge < -0.3 is 4.74 Å². The lowest BCUT2D eigenvalue weighted by atomic mass is 10.0. The van der Waals surface area contributed by atoms with Gasteiger partial charge in [0.2, 0.25) is 0 Å². The van der Waals surface area contributed by atoms with Crippen molar-refractivity contribution in [3.05, 3.63) is 94.8 Å². The Morgan fingerprint density at radius 3 is 2.36 bits per heavy atom. The van der Waals surface area contributed by atoms with Crippen molar-refractivity contribution in [2.75, 3.05) is 7.11 Å². The third kappa shape index (κ3) is 4.86. The quantitative estimate of drug-likeness (QED) is 0.303. The molecular formula is C26H23F3N2O4S. The van der Waals surface area contributed by atoms with Crippen molar-refractivity contribution >= 4 is 27.0 Å². The Bertz CT molecular complexity index is 1540. The summed E-state index contributed by atoms with van der Waals surface area (Å²) in [5.41, 5.74) is 0.933. The minimum atomic E-state index is -4.63. The largest absolute Gasteiger partial charge is 0.465 e. The molecule has 0 spiro atoms. The van der Waals surface area contributed by atoms with E-state index in [4.69, 9.17) is 0 Å². The summed E-state index contributed by atoms with van der Waals surface area (Å²) in [5, 5.41) is 0.0506. The molecule has 4 aromatic rings. The fourth-order valence-corrected chi connectivity index (χ4v) is 5.45. The van der Waals surface area contributed by atoms with Crippen molar-refractivity contribution in [2.24, 2.45) is 0 Å². The van der Waals surface area contributed by atoms with Gasteiger partial charge in [-0.15, -0.1) is 0 Å². The summed E-state index contributed by atoms with van der Waals surface area (Å²) >= 11 is 0. The van der Waals surface area contributed by atoms with Crippen LogP contribution in [0.15, 0.2) is 71.8 Å². The van der Waals surface area contributed by atoms with Crippen molar-refractivity contribution in [2.45, 2.75) is 37.3 Å². The second kappa shape index (κ2) is 9.42. The normalized spacial score (nSPS) is 12.3. The average Bonchev–Trinajstić information content (AvgIpc) is 3.21. The SMILES string of the molecule is COC(=O)c1ccc(Cc2cc3cc(C(F)(F)F)cnc3n2S(=O)(=O)c2cccc(C(C)C)c2)cc1. The zero-order chi connectivity index (χ0) is 26.3. The number of rotatable bonds is 6. The lowest BCUT2D eigenvalue weighted by molar-refractivity contribution is -0.137. The highest BCUT2D eigenvalue weighted by molar-refractivity contribution is 7.90. The molecule has 0 bridgehead atoms. The minimum Gasteiger partial charge on any atom is -0.465 e. The van der Waals surface area contributed by atoms with Crippen molar-refractivity contribution in [3.63, 3.8) is 0 Å². The van der Waals surface area contributed by atoms with Gasteiger partial charge >= 0.3 is 12.1 Å². The van der Waals surface area contributed by atoms with E-state index in [1.165, 1.54) is 31.4 Å². The van der Waals surface area contributed by atoms with Gasteiger partial charge in [0, 0.05) is 23.7 Å². The van der Waals surface area contributed by atoms with Crippen LogP contribution in [0.2, 0.25) is 0 Å². The second-order valence-electron chi connectivity index (χ2n) is 8.63. The molecule has 0 aliphatic rings. The molecule has 10 heteroatoms. The van der Waals surface area contributed by atoms with Crippen molar-refractivity contribution in [1.29, 1.82) is 0 Å². The maximum Gasteiger partial charge on any atom is 0.417 e. The Morgan fingerprint density at radius 1 is 1.06 bits per heavy atom. The number of carbonyl (C=O) groups excluding carboxylic acids is 1. The van der Waals surface area contributed by atoms with E-state index in [0.29, 0.717) is 17.3 Å². The van der Waals surface area contributed by atoms with Gasteiger partial charge in [0.15, 0.2) is 5.65 Å². The minimum absolute atomic E-state index is 0.00943. The van der Waals surface area contributed by atoms with E-state index >= 15 is 0 Å². The highest BCUT2D eigenvalue weighted by atomic mass is 32.2. The van der Waals surface area contributed by atoms with Crippen LogP contribution in [0.5, 0.6) is 0 Å². The van der Waals surface area contributed by atoms with E-state index in [2.05, 4.69) is 9.72 Å². The van der Waals surface area contributed by atoms with E-state index in [1.54, 1.807) is 24.3 Å². The molecule has 2 heterocycles. The number of fused-ring (bicyclic) bond motifs is 1. The highest BCUT2D eigenvalue weighted by Crippen LogP contribution is 2.33. The maximum absolute atomic E-state index is 13.8. The molecule has 0 radical (unpaired) electrons. The fourth-order valence-electron chi connectivity index (χ4n) is 3.90. The number of ether oxygens (including phenoxy) is 1. The summed E-state index contributed by atoms with van der Waals surface area (Å²) in [6.07, 6.45) is -3.92. The number of aromatic nitrogens is 2. The Labute approximate surface area is 206 Å². The van der Waals surface area contributed by atoms with Crippen LogP contribution < -0.4 is 0 Å². The van der Waals surface area contributed by atoms with Crippen LogP contribution in [0, 0.1) is 0 Å². The number of benzene rings is 2. The maximum atomic E-state index is 13.8. The van der Waals surface area contributed by atoms with Gasteiger partial charge in [-0.25, -0.2) is 22.2 Å². The van der Waals surface area contributed by atoms with Gasteiger partial charge in [0.1, 0.15) is 0 Å². The first kappa shape index (κ1) is 25.4. The fraction of sp³-hybridized carbons (Fsp3) is 0.231. The second-order valence-corrected chi connectivity index (χ2v) is 10.4. The van der Waals surface area contributed by atoms with Gasteiger partial charge in [-0.2, -0.15) is 13.2 Å². The first-order valence-electron chi connectivity index (χ1n) is 11.0. The monoisotopic (exact) mass is 516 g/mol.